The van der Waals surface area contributed by atoms with Gasteiger partial charge in [0, 0.05) is 38.0 Å². The highest BCUT2D eigenvalue weighted by Gasteiger charge is 2.26. The summed E-state index contributed by atoms with van der Waals surface area (Å²) in [5.41, 5.74) is 0.653. The number of anilines is 1. The van der Waals surface area contributed by atoms with Crippen molar-refractivity contribution in [3.05, 3.63) is 65.6 Å². The molecule has 0 bridgehead atoms. The molecule has 1 aliphatic heterocycles. The summed E-state index contributed by atoms with van der Waals surface area (Å²) in [7, 11) is -3.69. The van der Waals surface area contributed by atoms with Gasteiger partial charge >= 0.3 is 0 Å². The molecule has 1 aromatic carbocycles. The van der Waals surface area contributed by atoms with Gasteiger partial charge in [-0.05, 0) is 30.7 Å². The number of carbonyl (C=O) groups is 2. The van der Waals surface area contributed by atoms with Crippen LogP contribution in [0.3, 0.4) is 0 Å². The largest absolute Gasteiger partial charge is 0.459 e. The van der Waals surface area contributed by atoms with Gasteiger partial charge in [0.05, 0.1) is 16.9 Å². The average molecular weight is 475 g/mol. The number of aromatic nitrogens is 1. The summed E-state index contributed by atoms with van der Waals surface area (Å²) in [5, 5.41) is 2.01. The van der Waals surface area contributed by atoms with Gasteiger partial charge in [0.25, 0.3) is 15.9 Å². The lowest BCUT2D eigenvalue weighted by atomic mass is 10.2. The molecule has 2 aromatic heterocycles. The Morgan fingerprint density at radius 3 is 2.44 bits per heavy atom. The number of hydrogen-bond acceptors (Lipinski definition) is 7. The van der Waals surface area contributed by atoms with Gasteiger partial charge in [0.2, 0.25) is 5.91 Å². The minimum absolute atomic E-state index is 0.0190. The molecule has 32 heavy (non-hydrogen) atoms. The maximum atomic E-state index is 12.6. The van der Waals surface area contributed by atoms with Gasteiger partial charge in [0.15, 0.2) is 10.9 Å². The van der Waals surface area contributed by atoms with Crippen molar-refractivity contribution in [3.8, 4) is 0 Å². The van der Waals surface area contributed by atoms with Gasteiger partial charge < -0.3 is 14.2 Å². The molecule has 2 amide bonds. The van der Waals surface area contributed by atoms with Crippen molar-refractivity contribution in [1.29, 1.82) is 0 Å². The van der Waals surface area contributed by atoms with Crippen LogP contribution in [0.1, 0.15) is 22.7 Å². The summed E-state index contributed by atoms with van der Waals surface area (Å²) in [4.78, 5) is 32.7. The van der Waals surface area contributed by atoms with E-state index in [2.05, 4.69) is 9.71 Å². The predicted octanol–water partition coefficient (Wildman–Crippen LogP) is 2.45. The van der Waals surface area contributed by atoms with Gasteiger partial charge in [-0.15, -0.1) is 11.3 Å². The number of aryl methyl sites for hydroxylation is 1. The van der Waals surface area contributed by atoms with E-state index in [0.717, 1.165) is 0 Å². The summed E-state index contributed by atoms with van der Waals surface area (Å²) >= 11 is 1.18. The second kappa shape index (κ2) is 9.53. The minimum Gasteiger partial charge on any atom is -0.459 e. The van der Waals surface area contributed by atoms with Crippen LogP contribution in [0.5, 0.6) is 0 Å². The van der Waals surface area contributed by atoms with Crippen molar-refractivity contribution < 1.29 is 22.4 Å². The standard InChI is InChI=1S/C21H22N4O5S2/c26-19(24-10-12-25(13-11-24)20(27)18-7-4-14-30-18)9-8-16-15-31-21(22-16)23-32(28,29)17-5-2-1-3-6-17/h1-7,14-15H,8-13H2,(H,22,23). The van der Waals surface area contributed by atoms with Crippen molar-refractivity contribution >= 4 is 38.3 Å². The lowest BCUT2D eigenvalue weighted by Crippen LogP contribution is -2.50. The van der Waals surface area contributed by atoms with Gasteiger partial charge in [-0.25, -0.2) is 13.4 Å². The lowest BCUT2D eigenvalue weighted by molar-refractivity contribution is -0.132. The first kappa shape index (κ1) is 22.0. The van der Waals surface area contributed by atoms with Crippen LogP contribution in [0.4, 0.5) is 5.13 Å². The van der Waals surface area contributed by atoms with E-state index in [1.807, 2.05) is 0 Å². The van der Waals surface area contributed by atoms with Crippen LogP contribution < -0.4 is 4.72 Å². The van der Waals surface area contributed by atoms with E-state index in [4.69, 9.17) is 4.42 Å². The molecule has 0 radical (unpaired) electrons. The van der Waals surface area contributed by atoms with Crippen molar-refractivity contribution in [2.45, 2.75) is 17.7 Å². The number of sulfonamides is 1. The Morgan fingerprint density at radius 2 is 1.75 bits per heavy atom. The molecule has 9 nitrogen and oxygen atoms in total. The van der Waals surface area contributed by atoms with E-state index in [1.165, 1.54) is 29.7 Å². The third-order valence-corrected chi connectivity index (χ3v) is 7.36. The first-order valence-corrected chi connectivity index (χ1v) is 12.4. The molecule has 3 aromatic rings. The first-order chi connectivity index (χ1) is 15.4. The van der Waals surface area contributed by atoms with Gasteiger partial charge in [-0.2, -0.15) is 0 Å². The van der Waals surface area contributed by atoms with E-state index < -0.39 is 10.0 Å². The van der Waals surface area contributed by atoms with Crippen LogP contribution in [0.25, 0.3) is 0 Å². The number of nitrogens with one attached hydrogen (secondary N) is 1. The summed E-state index contributed by atoms with van der Waals surface area (Å²) in [6.07, 6.45) is 2.14. The number of carbonyl (C=O) groups excluding carboxylic acids is 2. The van der Waals surface area contributed by atoms with Crippen molar-refractivity contribution in [2.24, 2.45) is 0 Å². The van der Waals surface area contributed by atoms with Crippen molar-refractivity contribution in [1.82, 2.24) is 14.8 Å². The Morgan fingerprint density at radius 1 is 1.03 bits per heavy atom. The summed E-state index contributed by atoms with van der Waals surface area (Å²) in [5.74, 6) is 0.108. The summed E-state index contributed by atoms with van der Waals surface area (Å²) in [6.45, 7) is 1.83. The zero-order chi connectivity index (χ0) is 22.6. The highest BCUT2D eigenvalue weighted by atomic mass is 32.2. The Balaban J connectivity index is 1.25. The molecule has 1 N–H and O–H groups in total. The van der Waals surface area contributed by atoms with Gasteiger partial charge in [-0.1, -0.05) is 18.2 Å². The Hall–Kier alpha value is -3.18. The monoisotopic (exact) mass is 474 g/mol. The average Bonchev–Trinajstić information content (AvgIpc) is 3.50. The van der Waals surface area contributed by atoms with Crippen LogP contribution in [-0.4, -0.2) is 61.2 Å². The third-order valence-electron chi connectivity index (χ3n) is 5.07. The van der Waals surface area contributed by atoms with E-state index in [-0.39, 0.29) is 28.3 Å². The van der Waals surface area contributed by atoms with Crippen molar-refractivity contribution in [2.75, 3.05) is 30.9 Å². The van der Waals surface area contributed by atoms with E-state index >= 15 is 0 Å². The predicted molar refractivity (Wildman–Crippen MR) is 119 cm³/mol. The van der Waals surface area contributed by atoms with Gasteiger partial charge in [-0.3, -0.25) is 14.3 Å². The number of rotatable bonds is 7. The number of benzene rings is 1. The highest BCUT2D eigenvalue weighted by molar-refractivity contribution is 7.93. The fraction of sp³-hybridized carbons (Fsp3) is 0.286. The first-order valence-electron chi connectivity index (χ1n) is 10.1. The molecule has 0 saturated carbocycles. The van der Waals surface area contributed by atoms with E-state index in [1.54, 1.807) is 45.5 Å². The van der Waals surface area contributed by atoms with Crippen LogP contribution in [0.2, 0.25) is 0 Å². The molecule has 0 spiro atoms. The number of hydrogen-bond donors (Lipinski definition) is 1. The molecule has 11 heteroatoms. The molecule has 4 rings (SSSR count). The van der Waals surface area contributed by atoms with E-state index in [9.17, 15) is 18.0 Å². The van der Waals surface area contributed by atoms with Crippen LogP contribution in [0, 0.1) is 0 Å². The SMILES string of the molecule is O=C(CCc1csc(NS(=O)(=O)c2ccccc2)n1)N1CCN(C(=O)c2ccco2)CC1. The number of thiazole rings is 1. The Kier molecular flexibility index (Phi) is 6.56. The Labute approximate surface area is 189 Å². The summed E-state index contributed by atoms with van der Waals surface area (Å²) in [6, 6.07) is 11.4. The normalized spacial score (nSPS) is 14.4. The minimum atomic E-state index is -3.69. The number of amides is 2. The molecule has 168 valence electrons. The highest BCUT2D eigenvalue weighted by Crippen LogP contribution is 2.21. The number of piperazine rings is 1. The number of nitrogens with zero attached hydrogens (tertiary/aromatic N) is 3. The summed E-state index contributed by atoms with van der Waals surface area (Å²) < 4.78 is 32.4. The lowest BCUT2D eigenvalue weighted by Gasteiger charge is -2.34. The zero-order valence-corrected chi connectivity index (χ0v) is 18.8. The molecular weight excluding hydrogens is 452 g/mol. The molecule has 0 unspecified atom stereocenters. The maximum absolute atomic E-state index is 12.6. The number of furan rings is 1. The second-order valence-electron chi connectivity index (χ2n) is 7.21. The molecule has 1 saturated heterocycles. The third kappa shape index (κ3) is 5.17. The molecule has 3 heterocycles. The van der Waals surface area contributed by atoms with Crippen LogP contribution in [-0.2, 0) is 21.2 Å². The second-order valence-corrected chi connectivity index (χ2v) is 9.75. The fourth-order valence-corrected chi connectivity index (χ4v) is 5.37. The van der Waals surface area contributed by atoms with Crippen LogP contribution in [0.15, 0.2) is 63.4 Å². The van der Waals surface area contributed by atoms with Crippen LogP contribution >= 0.6 is 11.3 Å². The maximum Gasteiger partial charge on any atom is 0.289 e. The molecular formula is C21H22N4O5S2. The van der Waals surface area contributed by atoms with Gasteiger partial charge in [0.1, 0.15) is 0 Å². The molecule has 1 aliphatic rings. The Bertz CT molecular complexity index is 1170. The molecule has 0 aliphatic carbocycles. The zero-order valence-electron chi connectivity index (χ0n) is 17.1. The topological polar surface area (TPSA) is 113 Å². The molecule has 1 fully saturated rings. The smallest absolute Gasteiger partial charge is 0.289 e. The quantitative estimate of drug-likeness (QED) is 0.563. The van der Waals surface area contributed by atoms with Crippen molar-refractivity contribution in [3.63, 3.8) is 0 Å². The van der Waals surface area contributed by atoms with E-state index in [0.29, 0.717) is 44.1 Å². The fourth-order valence-electron chi connectivity index (χ4n) is 3.35. The molecule has 0 atom stereocenters.